The molecular weight excluding hydrogens is 1740 g/mol. The van der Waals surface area contributed by atoms with E-state index in [1.165, 1.54) is 39.6 Å². The monoisotopic (exact) mass is 1840 g/mol. The molecule has 8 aliphatic heterocycles. The molecular formula is C112H108N12O14. The van der Waals surface area contributed by atoms with E-state index in [2.05, 4.69) is 148 Å². The highest BCUT2D eigenvalue weighted by molar-refractivity contribution is 5.99. The van der Waals surface area contributed by atoms with E-state index >= 15 is 0 Å². The number of aryl methyl sites for hydroxylation is 2. The Morgan fingerprint density at radius 1 is 0.348 bits per heavy atom. The number of aromatic nitrogens is 4. The smallest absolute Gasteiger partial charge is 0.255 e. The first kappa shape index (κ1) is 94.4. The molecule has 26 heteroatoms. The van der Waals surface area contributed by atoms with Crippen molar-refractivity contribution in [1.29, 1.82) is 0 Å². The van der Waals surface area contributed by atoms with Crippen LogP contribution in [0.1, 0.15) is 111 Å². The number of benzene rings is 8. The molecule has 0 spiro atoms. The van der Waals surface area contributed by atoms with Gasteiger partial charge in [-0.15, -0.1) is 0 Å². The summed E-state index contributed by atoms with van der Waals surface area (Å²) in [6, 6.07) is 78.1. The largest absolute Gasteiger partial charge is 0.497 e. The molecule has 8 fully saturated rings. The normalized spacial score (nSPS) is 21.3. The third-order valence-electron chi connectivity index (χ3n) is 27.5. The zero-order valence-corrected chi connectivity index (χ0v) is 77.7. The summed E-state index contributed by atoms with van der Waals surface area (Å²) in [7, 11) is 6.58. The molecule has 8 saturated heterocycles. The second kappa shape index (κ2) is 43.1. The van der Waals surface area contributed by atoms with Crippen LogP contribution < -0.4 is 9.47 Å². The maximum absolute atomic E-state index is 13.0. The quantitative estimate of drug-likeness (QED) is 0.0670. The number of carbonyl (C=O) groups is 8. The highest BCUT2D eigenvalue weighted by Crippen LogP contribution is 2.48. The van der Waals surface area contributed by atoms with Crippen LogP contribution >= 0.6 is 0 Å². The lowest BCUT2D eigenvalue weighted by molar-refractivity contribution is -0.167. The van der Waals surface area contributed by atoms with Crippen molar-refractivity contribution in [1.82, 2.24) is 59.1 Å². The van der Waals surface area contributed by atoms with Crippen LogP contribution in [0.4, 0.5) is 0 Å². The molecule has 8 amide bonds. The molecule has 0 radical (unpaired) electrons. The Balaban J connectivity index is 0.000000127. The third-order valence-corrected chi connectivity index (χ3v) is 27.5. The standard InChI is InChI=1S/C30H29N3O4.C29H27N3O4.C27H27N3O3.C26H25N3O3/c1-36-20-27-30(24-12-10-21(11-13-24)8-9-22-5-3-7-25(15-22)37-2)26-18-32(19-29(35)33(26)27)28(34)16-23-6-4-14-31-17-23;1-36-24-6-2-4-21(14-24)8-7-20-9-11-23(12-10-20)29-25-17-31(18-28(35)32(25)26(29)19-33)27(34)15-22-5-3-13-30-16-22;1-18-6-3-4-8-22(18)19-9-11-20(12-10-19)26-23-15-29(27(32)21-7-5-13-28-14-21)16-25(31)30(23)24(26)17-33-2;1-17-5-2-3-7-21(17)18-8-10-19(11-9-18)25-22-14-28(15-24(31)29(22)23(25)16-30)26(32)20-6-4-12-27-13-20/h3-7,10-15,17,26-27,30H,16,18-20H2,1-2H3;2-6,9-14,16,25-26,29,33H,15,17-19H2,1H3;3-14,23-24,26H,15-17H2,1-2H3;2-13,22-23,25,30H,14-16H2,1H3/t26-,27-,30-;25-,26-,29-;23-,24-,26-;22-,23-,25-/m0011/s1. The summed E-state index contributed by atoms with van der Waals surface area (Å²) in [5.41, 5.74) is 17.7. The van der Waals surface area contributed by atoms with Crippen molar-refractivity contribution in [2.24, 2.45) is 0 Å². The van der Waals surface area contributed by atoms with Gasteiger partial charge in [-0.25, -0.2) is 0 Å². The van der Waals surface area contributed by atoms with Crippen LogP contribution in [0.3, 0.4) is 0 Å². The van der Waals surface area contributed by atoms with E-state index < -0.39 is 0 Å². The lowest BCUT2D eigenvalue weighted by Gasteiger charge is -2.59. The van der Waals surface area contributed by atoms with Gasteiger partial charge in [0.05, 0.1) is 126 Å². The van der Waals surface area contributed by atoms with E-state index in [1.54, 1.807) is 132 Å². The minimum Gasteiger partial charge on any atom is -0.497 e. The van der Waals surface area contributed by atoms with Gasteiger partial charge in [0.25, 0.3) is 11.8 Å². The molecule has 8 aliphatic rings. The van der Waals surface area contributed by atoms with Gasteiger partial charge in [0, 0.05) is 136 Å². The Labute approximate surface area is 802 Å². The van der Waals surface area contributed by atoms with Crippen LogP contribution in [0.5, 0.6) is 11.5 Å². The maximum Gasteiger partial charge on any atom is 0.255 e. The van der Waals surface area contributed by atoms with E-state index in [0.717, 1.165) is 67.1 Å². The Bertz CT molecular complexity index is 6520. The number of rotatable bonds is 20. The lowest BCUT2D eigenvalue weighted by Crippen LogP contribution is -2.73. The van der Waals surface area contributed by atoms with Crippen LogP contribution in [0.25, 0.3) is 22.3 Å². The molecule has 12 atom stereocenters. The molecule has 12 aromatic rings. The molecule has 8 aromatic carbocycles. The number of carbonyl (C=O) groups excluding carboxylic acids is 8. The van der Waals surface area contributed by atoms with Crippen LogP contribution in [0.15, 0.2) is 292 Å². The average molecular weight is 1850 g/mol. The van der Waals surface area contributed by atoms with Crippen LogP contribution in [0.2, 0.25) is 0 Å². The minimum atomic E-state index is -0.285. The summed E-state index contributed by atoms with van der Waals surface area (Å²) in [5, 5.41) is 20.1. The van der Waals surface area contributed by atoms with Crippen molar-refractivity contribution in [2.75, 3.05) is 107 Å². The zero-order chi connectivity index (χ0) is 96.0. The van der Waals surface area contributed by atoms with Crippen molar-refractivity contribution in [2.45, 2.75) is 98.7 Å². The van der Waals surface area contributed by atoms with E-state index in [1.807, 2.05) is 131 Å². The Kier molecular flexibility index (Phi) is 29.5. The molecule has 0 unspecified atom stereocenters. The summed E-state index contributed by atoms with van der Waals surface area (Å²) in [6.45, 7) is 7.08. The fourth-order valence-corrected chi connectivity index (χ4v) is 20.7. The average Bonchev–Trinajstić information content (AvgIpc) is 0.726. The van der Waals surface area contributed by atoms with Crippen molar-refractivity contribution in [3.8, 4) is 57.4 Å². The summed E-state index contributed by atoms with van der Waals surface area (Å²) in [5.74, 6) is 13.6. The van der Waals surface area contributed by atoms with Gasteiger partial charge in [-0.1, -0.05) is 169 Å². The lowest BCUT2D eigenvalue weighted by atomic mass is 9.73. The predicted molar refractivity (Wildman–Crippen MR) is 520 cm³/mol. The van der Waals surface area contributed by atoms with E-state index in [9.17, 15) is 48.6 Å². The first-order chi connectivity index (χ1) is 67.3. The topological polar surface area (TPSA) is 291 Å². The highest BCUT2D eigenvalue weighted by Gasteiger charge is 2.59. The number of ether oxygens (including phenoxy) is 4. The molecule has 26 nitrogen and oxygen atoms in total. The number of pyridine rings is 4. The van der Waals surface area contributed by atoms with Gasteiger partial charge in [0.2, 0.25) is 35.4 Å². The van der Waals surface area contributed by atoms with Gasteiger partial charge >= 0.3 is 0 Å². The van der Waals surface area contributed by atoms with Gasteiger partial charge < -0.3 is 68.4 Å². The number of methoxy groups -OCH3 is 4. The second-order valence-electron chi connectivity index (χ2n) is 35.7. The second-order valence-corrected chi connectivity index (χ2v) is 35.7. The minimum absolute atomic E-state index is 0.0145. The number of nitrogens with zero attached hydrogens (tertiary/aromatic N) is 12. The molecule has 4 aromatic heterocycles. The van der Waals surface area contributed by atoms with Crippen molar-refractivity contribution in [3.05, 3.63) is 370 Å². The van der Waals surface area contributed by atoms with Crippen LogP contribution in [-0.4, -0.2) is 272 Å². The van der Waals surface area contributed by atoms with E-state index in [4.69, 9.17) is 18.9 Å². The molecule has 12 heterocycles. The maximum atomic E-state index is 13.0. The van der Waals surface area contributed by atoms with E-state index in [0.29, 0.717) is 50.5 Å². The zero-order valence-electron chi connectivity index (χ0n) is 77.7. The van der Waals surface area contributed by atoms with Gasteiger partial charge in [-0.3, -0.25) is 58.3 Å². The molecule has 700 valence electrons. The fraction of sp³-hybridized carbons (Fsp3) is 0.286. The van der Waals surface area contributed by atoms with Crippen molar-refractivity contribution < 1.29 is 67.5 Å². The van der Waals surface area contributed by atoms with Gasteiger partial charge in [0.1, 0.15) is 24.6 Å². The number of piperazine rings is 4. The molecule has 0 bridgehead atoms. The van der Waals surface area contributed by atoms with Crippen LogP contribution in [0, 0.1) is 37.5 Å². The first-order valence-electron chi connectivity index (χ1n) is 46.3. The summed E-state index contributed by atoms with van der Waals surface area (Å²) >= 11 is 0. The number of hydrogen-bond donors (Lipinski definition) is 2. The Morgan fingerprint density at radius 2 is 0.667 bits per heavy atom. The molecule has 0 aliphatic carbocycles. The molecule has 138 heavy (non-hydrogen) atoms. The molecule has 2 N–H and O–H groups in total. The van der Waals surface area contributed by atoms with E-state index in [-0.39, 0.29) is 171 Å². The summed E-state index contributed by atoms with van der Waals surface area (Å²) in [4.78, 5) is 134. The number of aliphatic hydroxyl groups is 2. The predicted octanol–water partition coefficient (Wildman–Crippen LogP) is 11.5. The van der Waals surface area contributed by atoms with Crippen LogP contribution in [-0.2, 0) is 51.1 Å². The van der Waals surface area contributed by atoms with Gasteiger partial charge in [0.15, 0.2) is 0 Å². The summed E-state index contributed by atoms with van der Waals surface area (Å²) < 4.78 is 21.4. The van der Waals surface area contributed by atoms with Gasteiger partial charge in [-0.2, -0.15) is 0 Å². The highest BCUT2D eigenvalue weighted by atomic mass is 16.5. The first-order valence-corrected chi connectivity index (χ1v) is 46.3. The fourth-order valence-electron chi connectivity index (χ4n) is 20.7. The number of fused-ring (bicyclic) bond motifs is 4. The molecule has 0 saturated carbocycles. The van der Waals surface area contributed by atoms with Gasteiger partial charge in [-0.05, 0) is 178 Å². The Morgan fingerprint density at radius 3 is 0.993 bits per heavy atom. The van der Waals surface area contributed by atoms with Crippen molar-refractivity contribution in [3.63, 3.8) is 0 Å². The van der Waals surface area contributed by atoms with Crippen molar-refractivity contribution >= 4 is 47.3 Å². The molecule has 20 rings (SSSR count). The third kappa shape index (κ3) is 20.5. The summed E-state index contributed by atoms with van der Waals surface area (Å²) in [6.07, 6.45) is 13.5. The SMILES string of the molecule is COC[C@@H]1[C@H](c2ccc(-c3ccccc3C)cc2)[C@H]2CN(C(=O)c3cccnc3)CC(=O)N12.COC[C@H]1[C@@H](c2ccc(C#Cc3cccc(OC)c3)cc2)[C@@H]2CN(C(=O)Cc3cccnc3)CC(=O)N12.COc1cccc(C#Cc2ccc([C@@H]3[C@H](CO)N4C(=O)CN(C(=O)Cc5cccnc5)C[C@@H]34)cc2)c1.Cc1ccccc1-c1ccc([C@H]2[C@@H](CO)N3C(=O)CN(C(=O)c4cccnc4)C[C@H]23)cc1. The number of amides is 8. The Hall–Kier alpha value is -15.3. The number of aliphatic hydroxyl groups excluding tert-OH is 2. The number of hydrogen-bond acceptors (Lipinski definition) is 18.